The number of nitrogens with zero attached hydrogens (tertiary/aromatic N) is 2. The van der Waals surface area contributed by atoms with Gasteiger partial charge >= 0.3 is 0 Å². The average Bonchev–Trinajstić information content (AvgIpc) is 3.50. The maximum Gasteiger partial charge on any atom is 0.105 e. The van der Waals surface area contributed by atoms with Crippen molar-refractivity contribution in [2.24, 2.45) is 11.3 Å². The molecule has 7 atom stereocenters. The molecule has 5 aliphatic rings. The second-order valence-electron chi connectivity index (χ2n) is 12.1. The molecule has 0 radical (unpaired) electrons. The summed E-state index contributed by atoms with van der Waals surface area (Å²) < 4.78 is 7.30. The number of allylic oxidation sites excluding steroid dienone is 3. The van der Waals surface area contributed by atoms with Gasteiger partial charge in [-0.1, -0.05) is 36.8 Å². The van der Waals surface area contributed by atoms with Crippen molar-refractivity contribution >= 4 is 16.5 Å². The lowest BCUT2D eigenvalue weighted by atomic mass is 9.56. The summed E-state index contributed by atoms with van der Waals surface area (Å²) in [6.07, 6.45) is 9.41. The summed E-state index contributed by atoms with van der Waals surface area (Å²) in [6.45, 7) is 4.67. The van der Waals surface area contributed by atoms with Crippen LogP contribution in [-0.2, 0) is 4.74 Å². The molecule has 1 aromatic heterocycles. The molecule has 3 heterocycles. The zero-order valence-electron chi connectivity index (χ0n) is 21.0. The van der Waals surface area contributed by atoms with Crippen molar-refractivity contribution in [3.05, 3.63) is 58.8 Å². The fourth-order valence-corrected chi connectivity index (χ4v) is 8.55. The first-order valence-corrected chi connectivity index (χ1v) is 13.0. The monoisotopic (exact) mass is 473 g/mol. The highest BCUT2D eigenvalue weighted by Crippen LogP contribution is 2.69. The Bertz CT molecular complexity index is 1340. The van der Waals surface area contributed by atoms with Crippen molar-refractivity contribution in [3.63, 3.8) is 0 Å². The molecule has 2 fully saturated rings. The van der Waals surface area contributed by atoms with Gasteiger partial charge in [0.2, 0.25) is 0 Å². The molecule has 1 saturated carbocycles. The van der Waals surface area contributed by atoms with Gasteiger partial charge in [0, 0.05) is 22.8 Å². The number of aliphatic hydroxyl groups is 2. The van der Waals surface area contributed by atoms with E-state index in [1.165, 1.54) is 22.3 Å². The number of aliphatic hydroxyl groups excluding tert-OH is 2. The van der Waals surface area contributed by atoms with Crippen molar-refractivity contribution in [1.29, 1.82) is 0 Å². The molecule has 1 aromatic carbocycles. The Labute approximate surface area is 206 Å². The van der Waals surface area contributed by atoms with Gasteiger partial charge < -0.3 is 19.8 Å². The lowest BCUT2D eigenvalue weighted by Crippen LogP contribution is -2.62. The van der Waals surface area contributed by atoms with Crippen molar-refractivity contribution in [2.75, 3.05) is 14.1 Å². The molecule has 7 unspecified atom stereocenters. The van der Waals surface area contributed by atoms with Crippen LogP contribution in [0.5, 0.6) is 0 Å². The Morgan fingerprint density at radius 2 is 2.03 bits per heavy atom. The van der Waals surface area contributed by atoms with Gasteiger partial charge in [0.1, 0.15) is 6.10 Å². The van der Waals surface area contributed by atoms with Gasteiger partial charge in [0.05, 0.1) is 29.0 Å². The van der Waals surface area contributed by atoms with Crippen molar-refractivity contribution < 1.29 is 14.9 Å². The number of fused-ring (bicyclic) bond motifs is 2. The SMILES string of the molecule is CC1=C2C=C3C(O)C(O)C(N(C)C)CC34CCC2(O4)C2CC=C(c3ccc4cn[nH]c4c3)C2(C)C1. The molecule has 2 bridgehead atoms. The largest absolute Gasteiger partial charge is 0.388 e. The highest BCUT2D eigenvalue weighted by molar-refractivity contribution is 5.85. The smallest absolute Gasteiger partial charge is 0.105 e. The molecule has 7 rings (SSSR count). The van der Waals surface area contributed by atoms with Gasteiger partial charge in [-0.3, -0.25) is 5.10 Å². The van der Waals surface area contributed by atoms with Crippen molar-refractivity contribution in [1.82, 2.24) is 15.1 Å². The maximum absolute atomic E-state index is 11.2. The summed E-state index contributed by atoms with van der Waals surface area (Å²) in [5.74, 6) is 0.347. The summed E-state index contributed by atoms with van der Waals surface area (Å²) in [7, 11) is 3.96. The number of aromatic nitrogens is 2. The van der Waals surface area contributed by atoms with Crippen molar-refractivity contribution in [2.45, 2.75) is 75.4 Å². The number of nitrogens with one attached hydrogen (secondary N) is 1. The predicted octanol–water partition coefficient (Wildman–Crippen LogP) is 3.98. The molecule has 2 spiro atoms. The van der Waals surface area contributed by atoms with Gasteiger partial charge in [0.15, 0.2) is 0 Å². The first-order valence-electron chi connectivity index (χ1n) is 13.0. The van der Waals surface area contributed by atoms with E-state index in [9.17, 15) is 10.2 Å². The minimum absolute atomic E-state index is 0.0219. The van der Waals surface area contributed by atoms with Crippen LogP contribution in [-0.4, -0.2) is 68.9 Å². The molecule has 2 aromatic rings. The zero-order chi connectivity index (χ0) is 24.3. The number of H-pyrrole nitrogens is 1. The minimum atomic E-state index is -0.890. The Hall–Kier alpha value is -2.25. The number of benzene rings is 1. The lowest BCUT2D eigenvalue weighted by Gasteiger charge is -2.56. The van der Waals surface area contributed by atoms with E-state index in [-0.39, 0.29) is 17.1 Å². The summed E-state index contributed by atoms with van der Waals surface area (Å²) in [5.41, 5.74) is 6.40. The van der Waals surface area contributed by atoms with Crippen LogP contribution in [0.2, 0.25) is 0 Å². The highest BCUT2D eigenvalue weighted by Gasteiger charge is 2.68. The first-order chi connectivity index (χ1) is 16.7. The van der Waals surface area contributed by atoms with Crippen LogP contribution in [0.25, 0.3) is 16.5 Å². The second kappa shape index (κ2) is 6.94. The Morgan fingerprint density at radius 3 is 2.83 bits per heavy atom. The van der Waals surface area contributed by atoms with Crippen LogP contribution in [0.4, 0.5) is 0 Å². The van der Waals surface area contributed by atoms with E-state index in [4.69, 9.17) is 4.74 Å². The quantitative estimate of drug-likeness (QED) is 0.615. The minimum Gasteiger partial charge on any atom is -0.388 e. The van der Waals surface area contributed by atoms with Gasteiger partial charge in [-0.15, -0.1) is 0 Å². The Morgan fingerprint density at radius 1 is 1.20 bits per heavy atom. The van der Waals surface area contributed by atoms with Crippen LogP contribution >= 0.6 is 0 Å². The van der Waals surface area contributed by atoms with E-state index >= 15 is 0 Å². The normalized spacial score (nSPS) is 42.1. The molecule has 3 N–H and O–H groups in total. The van der Waals surface area contributed by atoms with Gasteiger partial charge in [0.25, 0.3) is 0 Å². The summed E-state index contributed by atoms with van der Waals surface area (Å²) in [5, 5.41) is 30.6. The van der Waals surface area contributed by atoms with E-state index < -0.39 is 17.8 Å². The number of likely N-dealkylation sites (N-methyl/N-ethyl adjacent to an activating group) is 1. The molecule has 3 aliphatic carbocycles. The third-order valence-electron chi connectivity index (χ3n) is 10.1. The van der Waals surface area contributed by atoms with Gasteiger partial charge in [-0.05, 0) is 81.5 Å². The number of rotatable bonds is 2. The van der Waals surface area contributed by atoms with E-state index in [2.05, 4.69) is 54.4 Å². The van der Waals surface area contributed by atoms with E-state index in [1.807, 2.05) is 25.2 Å². The fourth-order valence-electron chi connectivity index (χ4n) is 8.55. The van der Waals surface area contributed by atoms with Crippen LogP contribution in [0.3, 0.4) is 0 Å². The molecule has 6 nitrogen and oxygen atoms in total. The Kier molecular flexibility index (Phi) is 4.36. The summed E-state index contributed by atoms with van der Waals surface area (Å²) in [6, 6.07) is 6.51. The molecular formula is C29H35N3O3. The number of hydrogen-bond acceptors (Lipinski definition) is 5. The standard InChI is InChI=1S/C29H35N3O3/c1-16-13-27(2)19(17-5-6-18-15-30-31-22(18)11-17)7-8-24(27)29-10-9-28(35-29)14-23(32(3)4)26(34)25(33)21(28)12-20(16)29/h5-7,11-12,15,23-26,33-34H,8-10,13-14H2,1-4H3,(H,30,31). The zero-order valence-corrected chi connectivity index (χ0v) is 21.0. The predicted molar refractivity (Wildman–Crippen MR) is 136 cm³/mol. The third-order valence-corrected chi connectivity index (χ3v) is 10.1. The highest BCUT2D eigenvalue weighted by atomic mass is 16.5. The van der Waals surface area contributed by atoms with Crippen LogP contribution in [0.1, 0.15) is 51.5 Å². The van der Waals surface area contributed by atoms with Crippen LogP contribution < -0.4 is 0 Å². The number of ether oxygens (including phenoxy) is 1. The number of hydrogen-bond donors (Lipinski definition) is 3. The summed E-state index contributed by atoms with van der Waals surface area (Å²) in [4.78, 5) is 2.04. The molecule has 1 saturated heterocycles. The molecule has 35 heavy (non-hydrogen) atoms. The lowest BCUT2D eigenvalue weighted by molar-refractivity contribution is -0.162. The summed E-state index contributed by atoms with van der Waals surface area (Å²) >= 11 is 0. The van der Waals surface area contributed by atoms with E-state index in [1.54, 1.807) is 0 Å². The third kappa shape index (κ3) is 2.66. The molecule has 184 valence electrons. The first kappa shape index (κ1) is 22.0. The van der Waals surface area contributed by atoms with Crippen LogP contribution in [0, 0.1) is 11.3 Å². The molecule has 2 aliphatic heterocycles. The molecule has 0 amide bonds. The maximum atomic E-state index is 11.2. The Balaban J connectivity index is 1.34. The van der Waals surface area contributed by atoms with E-state index in [0.717, 1.165) is 48.6 Å². The second-order valence-corrected chi connectivity index (χ2v) is 12.1. The van der Waals surface area contributed by atoms with Crippen molar-refractivity contribution in [3.8, 4) is 0 Å². The molecular weight excluding hydrogens is 438 g/mol. The average molecular weight is 474 g/mol. The van der Waals surface area contributed by atoms with E-state index in [0.29, 0.717) is 5.92 Å². The number of aromatic amines is 1. The topological polar surface area (TPSA) is 81.6 Å². The van der Waals surface area contributed by atoms with Gasteiger partial charge in [-0.25, -0.2) is 0 Å². The molecule has 6 heteroatoms. The van der Waals surface area contributed by atoms with Crippen LogP contribution in [0.15, 0.2) is 53.3 Å². The fraction of sp³-hybridized carbons (Fsp3) is 0.552. The van der Waals surface area contributed by atoms with Gasteiger partial charge in [-0.2, -0.15) is 5.10 Å².